The van der Waals surface area contributed by atoms with Gasteiger partial charge in [0.15, 0.2) is 6.29 Å². The van der Waals surface area contributed by atoms with Gasteiger partial charge < -0.3 is 33.7 Å². The minimum Gasteiger partial charge on any atom is -0.545 e. The highest BCUT2D eigenvalue weighted by molar-refractivity contribution is 5.69. The molecule has 0 spiro atoms. The van der Waals surface area contributed by atoms with Crippen LogP contribution >= 0.6 is 0 Å². The Morgan fingerprint density at radius 3 is 1.89 bits per heavy atom. The van der Waals surface area contributed by atoms with E-state index in [1.807, 2.05) is 21.1 Å². The minimum atomic E-state index is -1.57. The first-order valence-electron chi connectivity index (χ1n) is 14.4. The van der Waals surface area contributed by atoms with Crippen LogP contribution in [-0.4, -0.2) is 81.4 Å². The molecule has 0 aromatic carbocycles. The number of rotatable bonds is 26. The summed E-state index contributed by atoms with van der Waals surface area (Å²) in [6.45, 7) is 2.43. The van der Waals surface area contributed by atoms with Gasteiger partial charge in [-0.15, -0.1) is 0 Å². The van der Waals surface area contributed by atoms with Crippen molar-refractivity contribution in [2.24, 2.45) is 0 Å². The van der Waals surface area contributed by atoms with Crippen LogP contribution in [0.5, 0.6) is 0 Å². The Bertz CT molecular complexity index is 589. The molecule has 0 fully saturated rings. The number of ether oxygens (including phenoxy) is 3. The van der Waals surface area contributed by atoms with Crippen molar-refractivity contribution < 1.29 is 38.5 Å². The number of quaternary nitrogens is 1. The number of hydrogen-bond acceptors (Lipinski definition) is 7. The van der Waals surface area contributed by atoms with E-state index in [-0.39, 0.29) is 25.8 Å². The van der Waals surface area contributed by atoms with E-state index < -0.39 is 18.4 Å². The fourth-order valence-electron chi connectivity index (χ4n) is 3.64. The standard InChI is InChI=1S/C29H55NO7/c1-5-6-7-8-9-10-11-12-13-14-15-16-17-18-19-20-21-27(32)36-24-26(31)25-37-29(28(33)34)35-23-22-30(2,3)4/h13-14,26,29,31H,5-12,15-25H2,1-4H3/b14-13-. The quantitative estimate of drug-likeness (QED) is 0.0590. The number of unbranched alkanes of at least 4 members (excludes halogenated alkanes) is 12. The summed E-state index contributed by atoms with van der Waals surface area (Å²) in [5.41, 5.74) is 0. The zero-order chi connectivity index (χ0) is 27.8. The maximum Gasteiger partial charge on any atom is 0.305 e. The molecule has 0 aromatic rings. The number of carbonyl (C=O) groups excluding carboxylic acids is 2. The van der Waals surface area contributed by atoms with Gasteiger partial charge in [-0.1, -0.05) is 76.9 Å². The molecule has 0 aliphatic heterocycles. The van der Waals surface area contributed by atoms with Crippen LogP contribution in [0.3, 0.4) is 0 Å². The number of nitrogens with zero attached hydrogens (tertiary/aromatic N) is 1. The van der Waals surface area contributed by atoms with E-state index in [9.17, 15) is 19.8 Å². The summed E-state index contributed by atoms with van der Waals surface area (Å²) >= 11 is 0. The molecule has 0 aromatic heterocycles. The fraction of sp³-hybridized carbons (Fsp3) is 0.862. The molecule has 0 rings (SSSR count). The van der Waals surface area contributed by atoms with E-state index in [2.05, 4.69) is 19.1 Å². The van der Waals surface area contributed by atoms with Crippen LogP contribution in [0.25, 0.3) is 0 Å². The van der Waals surface area contributed by atoms with Crippen LogP contribution in [0.4, 0.5) is 0 Å². The lowest BCUT2D eigenvalue weighted by Gasteiger charge is -2.26. The molecule has 2 unspecified atom stereocenters. The van der Waals surface area contributed by atoms with Crippen molar-refractivity contribution in [1.29, 1.82) is 0 Å². The fourth-order valence-corrected chi connectivity index (χ4v) is 3.64. The lowest BCUT2D eigenvalue weighted by Crippen LogP contribution is -2.44. The number of esters is 1. The summed E-state index contributed by atoms with van der Waals surface area (Å²) in [5.74, 6) is -1.88. The van der Waals surface area contributed by atoms with Gasteiger partial charge in [0, 0.05) is 6.42 Å². The molecule has 0 aliphatic rings. The molecule has 0 bridgehead atoms. The van der Waals surface area contributed by atoms with Crippen molar-refractivity contribution in [3.8, 4) is 0 Å². The van der Waals surface area contributed by atoms with Gasteiger partial charge in [0.25, 0.3) is 0 Å². The molecule has 37 heavy (non-hydrogen) atoms. The molecular weight excluding hydrogens is 474 g/mol. The average Bonchev–Trinajstić information content (AvgIpc) is 2.83. The Morgan fingerprint density at radius 1 is 0.811 bits per heavy atom. The van der Waals surface area contributed by atoms with Crippen LogP contribution in [0.15, 0.2) is 12.2 Å². The maximum atomic E-state index is 11.9. The lowest BCUT2D eigenvalue weighted by atomic mass is 10.1. The van der Waals surface area contributed by atoms with Gasteiger partial charge in [-0.25, -0.2) is 0 Å². The van der Waals surface area contributed by atoms with Gasteiger partial charge in [-0.3, -0.25) is 4.79 Å². The Kier molecular flexibility index (Phi) is 22.7. The number of likely N-dealkylation sites (N-methyl/N-ethyl adjacent to an activating group) is 1. The number of carbonyl (C=O) groups is 2. The Morgan fingerprint density at radius 2 is 1.35 bits per heavy atom. The van der Waals surface area contributed by atoms with Gasteiger partial charge >= 0.3 is 5.97 Å². The normalized spacial score (nSPS) is 13.6. The van der Waals surface area contributed by atoms with Crippen LogP contribution in [0.2, 0.25) is 0 Å². The molecule has 0 radical (unpaired) electrons. The molecular formula is C29H55NO7. The van der Waals surface area contributed by atoms with E-state index in [0.29, 0.717) is 17.4 Å². The molecule has 0 heterocycles. The smallest absolute Gasteiger partial charge is 0.305 e. The molecule has 8 nitrogen and oxygen atoms in total. The Hall–Kier alpha value is -1.48. The third kappa shape index (κ3) is 25.9. The van der Waals surface area contributed by atoms with E-state index >= 15 is 0 Å². The summed E-state index contributed by atoms with van der Waals surface area (Å²) in [5, 5.41) is 21.0. The molecule has 0 amide bonds. The second-order valence-electron chi connectivity index (χ2n) is 10.9. The topological polar surface area (TPSA) is 105 Å². The third-order valence-corrected chi connectivity index (χ3v) is 5.99. The molecule has 2 atom stereocenters. The van der Waals surface area contributed by atoms with Crippen molar-refractivity contribution in [1.82, 2.24) is 0 Å². The highest BCUT2D eigenvalue weighted by atomic mass is 16.7. The number of aliphatic hydroxyl groups excluding tert-OH is 1. The zero-order valence-electron chi connectivity index (χ0n) is 24.1. The van der Waals surface area contributed by atoms with Gasteiger partial charge in [-0.05, 0) is 32.1 Å². The van der Waals surface area contributed by atoms with E-state index in [1.54, 1.807) is 0 Å². The van der Waals surface area contributed by atoms with Gasteiger partial charge in [-0.2, -0.15) is 0 Å². The second kappa shape index (κ2) is 23.6. The minimum absolute atomic E-state index is 0.170. The summed E-state index contributed by atoms with van der Waals surface area (Å²) in [4.78, 5) is 23.0. The second-order valence-corrected chi connectivity index (χ2v) is 10.9. The molecule has 0 saturated carbocycles. The van der Waals surface area contributed by atoms with Crippen LogP contribution < -0.4 is 5.11 Å². The van der Waals surface area contributed by atoms with Gasteiger partial charge in [0.1, 0.15) is 19.3 Å². The average molecular weight is 530 g/mol. The first-order valence-corrected chi connectivity index (χ1v) is 14.4. The Labute approximate surface area is 225 Å². The first-order chi connectivity index (χ1) is 17.7. The lowest BCUT2D eigenvalue weighted by molar-refractivity contribution is -0.870. The largest absolute Gasteiger partial charge is 0.545 e. The van der Waals surface area contributed by atoms with E-state index in [1.165, 1.54) is 57.8 Å². The highest BCUT2D eigenvalue weighted by Crippen LogP contribution is 2.11. The van der Waals surface area contributed by atoms with E-state index in [4.69, 9.17) is 14.2 Å². The summed E-state index contributed by atoms with van der Waals surface area (Å²) in [7, 11) is 5.86. The number of aliphatic carboxylic acids is 1. The number of allylic oxidation sites excluding steroid dienone is 2. The number of carboxylic acids is 1. The van der Waals surface area contributed by atoms with Crippen molar-refractivity contribution in [3.05, 3.63) is 12.2 Å². The summed E-state index contributed by atoms with van der Waals surface area (Å²) < 4.78 is 15.9. The SMILES string of the molecule is CCCCCCCCC/C=C\CCCCCCCC(=O)OCC(O)COC(OCC[N+](C)(C)C)C(=O)[O-]. The van der Waals surface area contributed by atoms with Gasteiger partial charge in [0.2, 0.25) is 0 Å². The third-order valence-electron chi connectivity index (χ3n) is 5.99. The Balaban J connectivity index is 3.64. The predicted octanol–water partition coefficient (Wildman–Crippen LogP) is 4.13. The summed E-state index contributed by atoms with van der Waals surface area (Å²) in [6, 6.07) is 0. The van der Waals surface area contributed by atoms with Crippen LogP contribution in [-0.2, 0) is 23.8 Å². The molecule has 8 heteroatoms. The number of carboxylic acid groups (broad SMARTS) is 1. The molecule has 1 N–H and O–H groups in total. The molecule has 0 saturated heterocycles. The monoisotopic (exact) mass is 529 g/mol. The molecule has 218 valence electrons. The molecule has 0 aliphatic carbocycles. The number of hydrogen-bond donors (Lipinski definition) is 1. The van der Waals surface area contributed by atoms with Crippen molar-refractivity contribution in [2.75, 3.05) is 47.5 Å². The van der Waals surface area contributed by atoms with Crippen molar-refractivity contribution in [2.45, 2.75) is 116 Å². The maximum absolute atomic E-state index is 11.9. The van der Waals surface area contributed by atoms with E-state index in [0.717, 1.165) is 32.1 Å². The highest BCUT2D eigenvalue weighted by Gasteiger charge is 2.17. The summed E-state index contributed by atoms with van der Waals surface area (Å²) in [6.07, 6.45) is 19.2. The van der Waals surface area contributed by atoms with Crippen molar-refractivity contribution >= 4 is 11.9 Å². The van der Waals surface area contributed by atoms with Crippen LogP contribution in [0, 0.1) is 0 Å². The van der Waals surface area contributed by atoms with Gasteiger partial charge in [0.05, 0.1) is 40.3 Å². The van der Waals surface area contributed by atoms with Crippen molar-refractivity contribution in [3.63, 3.8) is 0 Å². The zero-order valence-corrected chi connectivity index (χ0v) is 24.1. The number of aliphatic hydroxyl groups is 1. The first kappa shape index (κ1) is 35.5. The van der Waals surface area contributed by atoms with Crippen LogP contribution in [0.1, 0.15) is 103 Å². The predicted molar refractivity (Wildman–Crippen MR) is 145 cm³/mol.